The van der Waals surface area contributed by atoms with Gasteiger partial charge in [-0.15, -0.1) is 22.7 Å². The quantitative estimate of drug-likeness (QED) is 0.167. The summed E-state index contributed by atoms with van der Waals surface area (Å²) in [4.78, 5) is 12.2. The van der Waals surface area contributed by atoms with Gasteiger partial charge in [-0.2, -0.15) is 0 Å². The van der Waals surface area contributed by atoms with E-state index in [1.807, 2.05) is 23.5 Å². The molecule has 0 bridgehead atoms. The van der Waals surface area contributed by atoms with Gasteiger partial charge in [0.1, 0.15) is 27.2 Å². The molecule has 0 N–H and O–H groups in total. The maximum atomic E-state index is 6.46. The van der Waals surface area contributed by atoms with E-state index in [0.717, 1.165) is 65.8 Å². The Kier molecular flexibility index (Phi) is 5.63. The number of fused-ring (bicyclic) bond motifs is 17. The summed E-state index contributed by atoms with van der Waals surface area (Å²) in [6, 6.07) is 54.5. The van der Waals surface area contributed by atoms with Gasteiger partial charge in [-0.3, -0.25) is 4.57 Å². The van der Waals surface area contributed by atoms with Gasteiger partial charge in [-0.05, 0) is 58.6 Å². The highest BCUT2D eigenvalue weighted by molar-refractivity contribution is 7.26. The number of rotatable bonds is 2. The molecular weight excluding hydrogens is 699 g/mol. The fraction of sp³-hybridized carbons (Fsp3) is 0. The Morgan fingerprint density at radius 3 is 1.93 bits per heavy atom. The maximum absolute atomic E-state index is 6.46. The lowest BCUT2D eigenvalue weighted by Gasteiger charge is -2.15. The molecule has 4 nitrogen and oxygen atoms in total. The van der Waals surface area contributed by atoms with E-state index in [1.54, 1.807) is 11.3 Å². The molecule has 54 heavy (non-hydrogen) atoms. The van der Waals surface area contributed by atoms with Crippen LogP contribution in [0.2, 0.25) is 0 Å². The van der Waals surface area contributed by atoms with Gasteiger partial charge in [0.15, 0.2) is 5.82 Å². The molecule has 5 heterocycles. The minimum atomic E-state index is 0.806. The van der Waals surface area contributed by atoms with E-state index >= 15 is 0 Å². The number of hydrogen-bond donors (Lipinski definition) is 0. The predicted molar refractivity (Wildman–Crippen MR) is 230 cm³/mol. The summed E-state index contributed by atoms with van der Waals surface area (Å²) in [6.07, 6.45) is 0. The van der Waals surface area contributed by atoms with Crippen LogP contribution in [-0.4, -0.2) is 14.5 Å². The van der Waals surface area contributed by atoms with Crippen molar-refractivity contribution in [3.63, 3.8) is 0 Å². The second-order valence-corrected chi connectivity index (χ2v) is 16.2. The van der Waals surface area contributed by atoms with Gasteiger partial charge in [0.25, 0.3) is 0 Å². The largest absolute Gasteiger partial charge is 0.456 e. The number of benzene rings is 8. The molecule has 0 amide bonds. The second-order valence-electron chi connectivity index (χ2n) is 14.1. The van der Waals surface area contributed by atoms with Crippen molar-refractivity contribution in [1.29, 1.82) is 0 Å². The van der Waals surface area contributed by atoms with Crippen LogP contribution in [0, 0.1) is 0 Å². The topological polar surface area (TPSA) is 43.9 Å². The van der Waals surface area contributed by atoms with E-state index < -0.39 is 0 Å². The van der Waals surface area contributed by atoms with Gasteiger partial charge in [-0.25, -0.2) is 9.97 Å². The minimum Gasteiger partial charge on any atom is -0.456 e. The Labute approximate surface area is 314 Å². The summed E-state index contributed by atoms with van der Waals surface area (Å²) in [5.74, 6) is 0.806. The first-order valence-electron chi connectivity index (χ1n) is 18.1. The lowest BCUT2D eigenvalue weighted by molar-refractivity contribution is 0.669. The van der Waals surface area contributed by atoms with E-state index in [0.29, 0.717) is 0 Å². The van der Waals surface area contributed by atoms with Crippen LogP contribution in [0.5, 0.6) is 0 Å². The molecule has 6 heteroatoms. The fourth-order valence-electron chi connectivity index (χ4n) is 8.85. The molecule has 0 fully saturated rings. The Hall–Kier alpha value is -6.60. The summed E-state index contributed by atoms with van der Waals surface area (Å²) >= 11 is 3.56. The standard InChI is InChI=1S/C48H25N3OS2/c1-3-15-32-27(11-1)28-12-2-4-16-33(28)46-43(32)36-25-42-35(31-14-6-9-19-40(31)53-42)24-37(36)51(46)47-44(50-48-45(49-47)34-17-7-10-20-41(34)54-48)26-21-22-30-29-13-5-8-18-38(29)52-39(30)23-26/h1-25H. The van der Waals surface area contributed by atoms with Gasteiger partial charge in [0.2, 0.25) is 0 Å². The molecular formula is C48H25N3OS2. The summed E-state index contributed by atoms with van der Waals surface area (Å²) in [6.45, 7) is 0. The molecule has 0 aliphatic carbocycles. The molecule has 0 atom stereocenters. The SMILES string of the molecule is c1ccc2c(c1)oc1cc(-c3nc4sc5ccccc5c4nc3-n3c4cc5c(cc4c4c6ccccc6c6ccccc6c43)sc3ccccc35)ccc12. The summed E-state index contributed by atoms with van der Waals surface area (Å²) < 4.78 is 12.6. The lowest BCUT2D eigenvalue weighted by atomic mass is 9.96. The number of aromatic nitrogens is 3. The van der Waals surface area contributed by atoms with E-state index in [-0.39, 0.29) is 0 Å². The van der Waals surface area contributed by atoms with Crippen molar-refractivity contribution < 1.29 is 4.42 Å². The molecule has 0 saturated heterocycles. The molecule has 0 saturated carbocycles. The third-order valence-corrected chi connectivity index (χ3v) is 13.4. The van der Waals surface area contributed by atoms with Crippen LogP contribution in [0.1, 0.15) is 0 Å². The monoisotopic (exact) mass is 723 g/mol. The molecule has 0 radical (unpaired) electrons. The average molecular weight is 724 g/mol. The van der Waals surface area contributed by atoms with E-state index in [4.69, 9.17) is 14.4 Å². The predicted octanol–water partition coefficient (Wildman–Crippen LogP) is 14.2. The molecule has 13 rings (SSSR count). The van der Waals surface area contributed by atoms with Gasteiger partial charge in [0, 0.05) is 62.8 Å². The third-order valence-electron chi connectivity index (χ3n) is 11.2. The molecule has 0 spiro atoms. The zero-order valence-electron chi connectivity index (χ0n) is 28.5. The summed E-state index contributed by atoms with van der Waals surface area (Å²) in [5, 5.41) is 13.2. The number of furan rings is 1. The van der Waals surface area contributed by atoms with Crippen molar-refractivity contribution in [2.24, 2.45) is 0 Å². The van der Waals surface area contributed by atoms with Crippen LogP contribution in [0.4, 0.5) is 0 Å². The molecule has 250 valence electrons. The minimum absolute atomic E-state index is 0.806. The lowest BCUT2D eigenvalue weighted by Crippen LogP contribution is -2.03. The Morgan fingerprint density at radius 2 is 1.09 bits per heavy atom. The number of thiophene rings is 2. The third kappa shape index (κ3) is 3.80. The van der Waals surface area contributed by atoms with Crippen molar-refractivity contribution in [3.8, 4) is 17.1 Å². The van der Waals surface area contributed by atoms with Crippen LogP contribution in [0.15, 0.2) is 156 Å². The Balaban J connectivity index is 1.26. The van der Waals surface area contributed by atoms with Crippen LogP contribution >= 0.6 is 22.7 Å². The summed E-state index contributed by atoms with van der Waals surface area (Å²) in [7, 11) is 0. The first-order chi connectivity index (χ1) is 26.8. The van der Waals surface area contributed by atoms with Crippen molar-refractivity contribution in [3.05, 3.63) is 152 Å². The zero-order valence-corrected chi connectivity index (χ0v) is 30.1. The van der Waals surface area contributed by atoms with Gasteiger partial charge < -0.3 is 4.42 Å². The average Bonchev–Trinajstić information content (AvgIpc) is 3.98. The van der Waals surface area contributed by atoms with Crippen molar-refractivity contribution in [1.82, 2.24) is 14.5 Å². The highest BCUT2D eigenvalue weighted by Gasteiger charge is 2.25. The number of para-hydroxylation sites is 1. The molecule has 8 aromatic carbocycles. The van der Waals surface area contributed by atoms with Gasteiger partial charge in [-0.1, -0.05) is 109 Å². The van der Waals surface area contributed by atoms with Crippen LogP contribution < -0.4 is 0 Å². The zero-order chi connectivity index (χ0) is 35.1. The van der Waals surface area contributed by atoms with E-state index in [1.165, 1.54) is 57.2 Å². The fourth-order valence-corrected chi connectivity index (χ4v) is 11.0. The van der Waals surface area contributed by atoms with E-state index in [2.05, 4.69) is 144 Å². The number of hydrogen-bond acceptors (Lipinski definition) is 5. The van der Waals surface area contributed by atoms with Crippen molar-refractivity contribution >= 4 is 129 Å². The van der Waals surface area contributed by atoms with Crippen molar-refractivity contribution in [2.45, 2.75) is 0 Å². The van der Waals surface area contributed by atoms with Crippen LogP contribution in [0.3, 0.4) is 0 Å². The highest BCUT2D eigenvalue weighted by Crippen LogP contribution is 2.47. The Bertz CT molecular complexity index is 3750. The Morgan fingerprint density at radius 1 is 0.444 bits per heavy atom. The van der Waals surface area contributed by atoms with Gasteiger partial charge in [0.05, 0.1) is 11.0 Å². The normalized spacial score (nSPS) is 12.4. The first kappa shape index (κ1) is 28.9. The van der Waals surface area contributed by atoms with Crippen molar-refractivity contribution in [2.75, 3.05) is 0 Å². The molecule has 0 unspecified atom stereocenters. The molecule has 0 aliphatic heterocycles. The van der Waals surface area contributed by atoms with Crippen LogP contribution in [0.25, 0.3) is 123 Å². The van der Waals surface area contributed by atoms with Crippen LogP contribution in [-0.2, 0) is 0 Å². The molecule has 0 aliphatic rings. The second kappa shape index (κ2) is 10.5. The number of nitrogens with zero attached hydrogens (tertiary/aromatic N) is 3. The molecule has 13 aromatic rings. The van der Waals surface area contributed by atoms with Gasteiger partial charge >= 0.3 is 0 Å². The highest BCUT2D eigenvalue weighted by atomic mass is 32.1. The molecule has 5 aromatic heterocycles. The maximum Gasteiger partial charge on any atom is 0.165 e. The first-order valence-corrected chi connectivity index (χ1v) is 19.7. The smallest absolute Gasteiger partial charge is 0.165 e. The van der Waals surface area contributed by atoms with E-state index in [9.17, 15) is 0 Å². The summed E-state index contributed by atoms with van der Waals surface area (Å²) in [5.41, 5.74) is 6.67.